The second kappa shape index (κ2) is 36.6. The largest absolute Gasteiger partial charge is 0.513 e. The average Bonchev–Trinajstić information content (AvgIpc) is 1.23. The molecule has 0 saturated carbocycles. The molecule has 0 radical (unpaired) electrons. The van der Waals surface area contributed by atoms with Gasteiger partial charge in [-0.3, -0.25) is 53.9 Å². The first-order valence-electron chi connectivity index (χ1n) is 36.6. The van der Waals surface area contributed by atoms with Crippen molar-refractivity contribution in [3.8, 4) is 0 Å². The van der Waals surface area contributed by atoms with E-state index in [1.807, 2.05) is 107 Å². The summed E-state index contributed by atoms with van der Waals surface area (Å²) in [4.78, 5) is 93.2. The van der Waals surface area contributed by atoms with Crippen molar-refractivity contribution in [1.82, 2.24) is 54.8 Å². The van der Waals surface area contributed by atoms with Crippen LogP contribution in [0.15, 0.2) is 127 Å². The second-order valence-corrected chi connectivity index (χ2v) is 34.4. The van der Waals surface area contributed by atoms with Crippen molar-refractivity contribution >= 4 is 35.2 Å². The van der Waals surface area contributed by atoms with Crippen LogP contribution in [0.5, 0.6) is 0 Å². The number of hydrogen-bond donors (Lipinski definition) is 3. The minimum Gasteiger partial charge on any atom is -0.513 e. The van der Waals surface area contributed by atoms with Crippen LogP contribution in [0.4, 0.5) is 0 Å². The van der Waals surface area contributed by atoms with E-state index in [0.717, 1.165) is 98.7 Å². The maximum Gasteiger partial charge on any atom is 0.272 e. The minimum atomic E-state index is -0.0951. The zero-order valence-corrected chi connectivity index (χ0v) is 66.5. The quantitative estimate of drug-likeness (QED) is 0.0529. The highest BCUT2D eigenvalue weighted by Crippen LogP contribution is 2.29. The number of likely N-dealkylation sites (tertiary alicyclic amines) is 4. The van der Waals surface area contributed by atoms with Crippen molar-refractivity contribution in [1.29, 1.82) is 0 Å². The zero-order chi connectivity index (χ0) is 77.2. The number of amides is 5. The molecule has 0 aromatic carbocycles. The molecule has 19 heteroatoms. The Morgan fingerprint density at radius 2 is 0.689 bits per heavy atom. The SMILES string of the molecule is C/C(=N\O)c1ccc(C(C)(C)C)cn1.C=C(O)C1CN(C(=O)c2ccc(C(C)(C)C)cn2)C1.CC1CCN(C(=O)c2ccc(C(C)(C)C)cn2)CC1.CC1CN(C(=O)c2ccc(C(C)(C)C)cn2)C1.CCCNC(=O)c1ccc(C(C)(C)C)cn1.C[C@@H]1CCN(C(=O)c2ccc(C(C)(C)C)cn2)C1. The fourth-order valence-corrected chi connectivity index (χ4v) is 11.0. The lowest BCUT2D eigenvalue weighted by molar-refractivity contribution is 0.0487. The summed E-state index contributed by atoms with van der Waals surface area (Å²) in [7, 11) is 0. The van der Waals surface area contributed by atoms with Gasteiger partial charge in [-0.05, 0) is 153 Å². The lowest BCUT2D eigenvalue weighted by Gasteiger charge is -2.38. The highest BCUT2D eigenvalue weighted by Gasteiger charge is 2.34. The molecule has 103 heavy (non-hydrogen) atoms. The molecular formula is C84H122N12O7. The molecule has 0 spiro atoms. The van der Waals surface area contributed by atoms with Crippen LogP contribution in [0.1, 0.15) is 276 Å². The molecule has 0 unspecified atom stereocenters. The average molecular weight is 1410 g/mol. The maximum atomic E-state index is 12.3. The number of aromatic nitrogens is 6. The number of carbonyl (C=O) groups is 5. The second-order valence-electron chi connectivity index (χ2n) is 34.4. The van der Waals surface area contributed by atoms with Gasteiger partial charge in [-0.1, -0.05) is 200 Å². The van der Waals surface area contributed by atoms with E-state index in [-0.39, 0.29) is 73.7 Å². The third-order valence-corrected chi connectivity index (χ3v) is 18.7. The van der Waals surface area contributed by atoms with Crippen molar-refractivity contribution in [3.63, 3.8) is 0 Å². The van der Waals surface area contributed by atoms with Gasteiger partial charge < -0.3 is 35.2 Å². The first-order valence-corrected chi connectivity index (χ1v) is 36.6. The van der Waals surface area contributed by atoms with E-state index in [9.17, 15) is 29.1 Å². The summed E-state index contributed by atoms with van der Waals surface area (Å²) in [5.41, 5.74) is 11.2. The van der Waals surface area contributed by atoms with Gasteiger partial charge in [0.2, 0.25) is 0 Å². The van der Waals surface area contributed by atoms with Crippen molar-refractivity contribution < 1.29 is 34.3 Å². The fourth-order valence-electron chi connectivity index (χ4n) is 11.0. The van der Waals surface area contributed by atoms with Crippen molar-refractivity contribution in [2.75, 3.05) is 58.9 Å². The van der Waals surface area contributed by atoms with E-state index < -0.39 is 0 Å². The van der Waals surface area contributed by atoms with Gasteiger partial charge in [-0.2, -0.15) is 0 Å². The van der Waals surface area contributed by atoms with E-state index in [0.29, 0.717) is 71.3 Å². The van der Waals surface area contributed by atoms with Crippen molar-refractivity contribution in [2.45, 2.75) is 217 Å². The molecule has 4 aliphatic rings. The van der Waals surface area contributed by atoms with E-state index in [1.165, 1.54) is 5.56 Å². The van der Waals surface area contributed by atoms with E-state index >= 15 is 0 Å². The van der Waals surface area contributed by atoms with E-state index in [4.69, 9.17) is 5.21 Å². The van der Waals surface area contributed by atoms with Crippen LogP contribution in [0.2, 0.25) is 0 Å². The fraction of sp³-hybridized carbons (Fsp3) is 0.548. The molecule has 10 rings (SSSR count). The van der Waals surface area contributed by atoms with Crippen molar-refractivity contribution in [2.24, 2.45) is 28.8 Å². The van der Waals surface area contributed by atoms with Gasteiger partial charge in [0.1, 0.15) is 34.2 Å². The maximum absolute atomic E-state index is 12.3. The molecule has 4 aliphatic heterocycles. The van der Waals surface area contributed by atoms with Crippen LogP contribution in [-0.2, 0) is 32.5 Å². The van der Waals surface area contributed by atoms with Gasteiger partial charge in [-0.25, -0.2) is 0 Å². The number of hydrogen-bond acceptors (Lipinski definition) is 14. The number of nitrogens with zero attached hydrogens (tertiary/aromatic N) is 11. The summed E-state index contributed by atoms with van der Waals surface area (Å²) in [6.45, 7) is 59.2. The Kier molecular flexibility index (Phi) is 30.2. The molecule has 6 aromatic heterocycles. The standard InChI is InChI=1S/C16H24N2O.C15H20N2O2.C15H22N2O.C14H20N2O.C13H20N2O.C11H16N2O/c1-12-7-9-18(10-8-12)15(19)14-6-5-13(11-17-14)16(2,3)4;1-10(18)11-8-17(9-11)14(19)13-6-5-12(7-16-13)15(2,3)4;1-11-7-8-17(10-11)14(18)13-6-5-12(9-16-13)15(2,3)4;1-10-8-16(9-10)13(17)12-6-5-11(7-15-12)14(2,3)4;1-5-8-14-12(16)11-7-6-10(9-15-11)13(2,3)4;1-8(13-14)10-6-5-9(7-12-10)11(2,3)4/h5-6,11-12H,7-10H2,1-4H3;5-7,11,18H,1,8-9H2,2-4H3;5-6,9,11H,7-8,10H2,1-4H3;5-7,10H,8-9H2,1-4H3;6-7,9H,5,8H2,1-4H3,(H,14,16);5-7,14H,1-4H3/b;;;;;13-8+/t;;11-;;;/m..1.../s1. The molecule has 4 fully saturated rings. The summed E-state index contributed by atoms with van der Waals surface area (Å²) < 4.78 is 0. The predicted molar refractivity (Wildman–Crippen MR) is 414 cm³/mol. The number of aliphatic hydroxyl groups is 1. The number of nitrogens with one attached hydrogen (secondary N) is 1. The number of aliphatic hydroxyl groups excluding tert-OH is 1. The number of rotatable bonds is 9. The van der Waals surface area contributed by atoms with Gasteiger partial charge in [0.25, 0.3) is 29.5 Å². The van der Waals surface area contributed by atoms with Gasteiger partial charge in [-0.15, -0.1) is 0 Å². The zero-order valence-electron chi connectivity index (χ0n) is 66.5. The van der Waals surface area contributed by atoms with Crippen LogP contribution in [-0.4, -0.2) is 154 Å². The molecule has 560 valence electrons. The van der Waals surface area contributed by atoms with Crippen LogP contribution in [0.3, 0.4) is 0 Å². The highest BCUT2D eigenvalue weighted by atomic mass is 16.4. The molecule has 1 atom stereocenters. The van der Waals surface area contributed by atoms with Gasteiger partial charge in [0, 0.05) is 96.1 Å². The molecule has 0 bridgehead atoms. The van der Waals surface area contributed by atoms with Crippen LogP contribution >= 0.6 is 0 Å². The van der Waals surface area contributed by atoms with Gasteiger partial charge >= 0.3 is 0 Å². The predicted octanol–water partition coefficient (Wildman–Crippen LogP) is 16.2. The Morgan fingerprint density at radius 3 is 0.951 bits per heavy atom. The van der Waals surface area contributed by atoms with E-state index in [2.05, 4.69) is 192 Å². The monoisotopic (exact) mass is 1410 g/mol. The third kappa shape index (κ3) is 26.2. The molecule has 5 amide bonds. The van der Waals surface area contributed by atoms with Crippen molar-refractivity contribution in [3.05, 3.63) is 190 Å². The number of carbonyl (C=O) groups excluding carboxylic acids is 5. The number of oxime groups is 1. The van der Waals surface area contributed by atoms with Crippen LogP contribution in [0, 0.1) is 23.7 Å². The molecule has 4 saturated heterocycles. The highest BCUT2D eigenvalue weighted by molar-refractivity contribution is 5.97. The Morgan fingerprint density at radius 1 is 0.417 bits per heavy atom. The van der Waals surface area contributed by atoms with Gasteiger partial charge in [0.05, 0.1) is 17.4 Å². The first-order chi connectivity index (χ1) is 47.8. The van der Waals surface area contributed by atoms with Gasteiger partial charge in [0.15, 0.2) is 0 Å². The van der Waals surface area contributed by atoms with E-state index in [1.54, 1.807) is 36.4 Å². The summed E-state index contributed by atoms with van der Waals surface area (Å²) in [6.07, 6.45) is 15.1. The Bertz CT molecular complexity index is 3740. The lowest BCUT2D eigenvalue weighted by atomic mass is 9.88. The Balaban J connectivity index is 0.000000223. The molecular weight excluding hydrogens is 1290 g/mol. The number of pyridine rings is 6. The lowest BCUT2D eigenvalue weighted by Crippen LogP contribution is -2.50. The Hall–Kier alpha value is -8.74. The summed E-state index contributed by atoms with van der Waals surface area (Å²) in [5, 5.41) is 23.7. The minimum absolute atomic E-state index is 0.0119. The normalized spacial score (nSPS) is 16.0. The summed E-state index contributed by atoms with van der Waals surface area (Å²) in [5.74, 6) is 2.17. The molecule has 10 heterocycles. The molecule has 6 aromatic rings. The molecule has 19 nitrogen and oxygen atoms in total. The topological polar surface area (TPSA) is 240 Å². The first kappa shape index (κ1) is 84.9. The molecule has 3 N–H and O–H groups in total. The third-order valence-electron chi connectivity index (χ3n) is 18.7. The number of piperidine rings is 1. The molecule has 0 aliphatic carbocycles. The Labute approximate surface area is 616 Å². The smallest absolute Gasteiger partial charge is 0.272 e. The summed E-state index contributed by atoms with van der Waals surface area (Å²) in [6, 6.07) is 22.9. The van der Waals surface area contributed by atoms with Crippen LogP contribution < -0.4 is 5.32 Å². The summed E-state index contributed by atoms with van der Waals surface area (Å²) >= 11 is 0. The van der Waals surface area contributed by atoms with Crippen LogP contribution in [0.25, 0.3) is 0 Å².